The summed E-state index contributed by atoms with van der Waals surface area (Å²) in [5.74, 6) is -2.72. The van der Waals surface area contributed by atoms with Gasteiger partial charge in [-0.3, -0.25) is 14.5 Å². The Balaban J connectivity index is 2.24. The predicted molar refractivity (Wildman–Crippen MR) is 87.4 cm³/mol. The minimum Gasteiger partial charge on any atom is -0.322 e. The molecule has 7 heteroatoms. The topological polar surface area (TPSA) is 75.4 Å². The molecule has 0 aromatic heterocycles. The van der Waals surface area contributed by atoms with Crippen LogP contribution in [0.15, 0.2) is 48.5 Å². The van der Waals surface area contributed by atoms with Crippen LogP contribution in [-0.4, -0.2) is 24.4 Å². The molecular weight excluding hydrogens is 316 g/mol. The van der Waals surface area contributed by atoms with E-state index >= 15 is 0 Å². The molecule has 0 bridgehead atoms. The van der Waals surface area contributed by atoms with Gasteiger partial charge >= 0.3 is 0 Å². The number of carbonyl (C=O) groups is 2. The molecule has 0 aliphatic carbocycles. The molecule has 0 fully saturated rings. The number of nitrogens with two attached hydrogens (primary N) is 1. The molecule has 0 heterocycles. The lowest BCUT2D eigenvalue weighted by molar-refractivity contribution is -0.122. The van der Waals surface area contributed by atoms with E-state index < -0.39 is 29.5 Å². The number of hydrogen-bond donors (Lipinski definition) is 2. The van der Waals surface area contributed by atoms with Crippen molar-refractivity contribution in [3.8, 4) is 0 Å². The maximum absolute atomic E-state index is 13.7. The van der Waals surface area contributed by atoms with Gasteiger partial charge in [-0.2, -0.15) is 0 Å². The predicted octanol–water partition coefficient (Wildman–Crippen LogP) is 2.28. The summed E-state index contributed by atoms with van der Waals surface area (Å²) >= 11 is 0. The van der Waals surface area contributed by atoms with Gasteiger partial charge in [-0.25, -0.2) is 8.78 Å². The van der Waals surface area contributed by atoms with Gasteiger partial charge in [-0.15, -0.1) is 0 Å². The van der Waals surface area contributed by atoms with E-state index in [1.807, 2.05) is 0 Å². The molecule has 5 nitrogen and oxygen atoms in total. The Labute approximate surface area is 138 Å². The Hall–Kier alpha value is -2.80. The zero-order valence-corrected chi connectivity index (χ0v) is 13.0. The van der Waals surface area contributed by atoms with Crippen LogP contribution in [0.1, 0.15) is 6.92 Å². The number of nitrogens with zero attached hydrogens (tertiary/aromatic N) is 1. The second-order valence-corrected chi connectivity index (χ2v) is 5.09. The summed E-state index contributed by atoms with van der Waals surface area (Å²) in [7, 11) is 0. The average molecular weight is 333 g/mol. The van der Waals surface area contributed by atoms with E-state index in [1.54, 1.807) is 30.3 Å². The first-order valence-electron chi connectivity index (χ1n) is 7.27. The summed E-state index contributed by atoms with van der Waals surface area (Å²) < 4.78 is 26.6. The van der Waals surface area contributed by atoms with Crippen LogP contribution < -0.4 is 16.0 Å². The fourth-order valence-corrected chi connectivity index (χ4v) is 2.22. The molecule has 2 amide bonds. The molecule has 2 aromatic rings. The summed E-state index contributed by atoms with van der Waals surface area (Å²) in [6, 6.07) is 10.4. The van der Waals surface area contributed by atoms with Crippen molar-refractivity contribution >= 4 is 23.2 Å². The summed E-state index contributed by atoms with van der Waals surface area (Å²) in [6.45, 7) is 1.22. The Kier molecular flexibility index (Phi) is 5.59. The molecule has 2 aromatic carbocycles. The van der Waals surface area contributed by atoms with E-state index in [2.05, 4.69) is 5.32 Å². The molecular formula is C17H17F2N3O2. The fraction of sp³-hybridized carbons (Fsp3) is 0.176. The Morgan fingerprint density at radius 2 is 1.83 bits per heavy atom. The highest BCUT2D eigenvalue weighted by atomic mass is 19.1. The van der Waals surface area contributed by atoms with E-state index in [1.165, 1.54) is 11.8 Å². The zero-order chi connectivity index (χ0) is 17.7. The number of anilines is 2. The van der Waals surface area contributed by atoms with Crippen LogP contribution in [0, 0.1) is 11.6 Å². The number of nitrogens with one attached hydrogen (secondary N) is 1. The number of hydrogen-bond acceptors (Lipinski definition) is 3. The van der Waals surface area contributed by atoms with E-state index in [9.17, 15) is 18.4 Å². The van der Waals surface area contributed by atoms with Crippen molar-refractivity contribution in [1.82, 2.24) is 0 Å². The van der Waals surface area contributed by atoms with Crippen molar-refractivity contribution in [3.63, 3.8) is 0 Å². The quantitative estimate of drug-likeness (QED) is 0.881. The van der Waals surface area contributed by atoms with Crippen molar-refractivity contribution in [2.75, 3.05) is 16.8 Å². The zero-order valence-electron chi connectivity index (χ0n) is 13.0. The Bertz CT molecular complexity index is 738. The maximum Gasteiger partial charge on any atom is 0.247 e. The molecule has 0 aliphatic rings. The number of rotatable bonds is 5. The van der Waals surface area contributed by atoms with Crippen molar-refractivity contribution in [1.29, 1.82) is 0 Å². The molecule has 1 unspecified atom stereocenters. The van der Waals surface area contributed by atoms with Crippen molar-refractivity contribution < 1.29 is 18.4 Å². The molecule has 0 saturated heterocycles. The normalized spacial score (nSPS) is 11.7. The van der Waals surface area contributed by atoms with Gasteiger partial charge in [0.2, 0.25) is 11.8 Å². The monoisotopic (exact) mass is 333 g/mol. The Morgan fingerprint density at radius 1 is 1.17 bits per heavy atom. The van der Waals surface area contributed by atoms with E-state index in [0.29, 0.717) is 11.8 Å². The third-order valence-corrected chi connectivity index (χ3v) is 3.43. The van der Waals surface area contributed by atoms with Gasteiger partial charge in [0.15, 0.2) is 0 Å². The first-order chi connectivity index (χ1) is 11.4. The SMILES string of the molecule is CC(C(=O)Nc1ccc(F)cc1F)N(C(=O)CN)c1ccccc1. The largest absolute Gasteiger partial charge is 0.322 e. The van der Waals surface area contributed by atoms with Crippen LogP contribution in [-0.2, 0) is 9.59 Å². The van der Waals surface area contributed by atoms with Gasteiger partial charge in [0.1, 0.15) is 17.7 Å². The lowest BCUT2D eigenvalue weighted by Crippen LogP contribution is -2.48. The van der Waals surface area contributed by atoms with Crippen LogP contribution >= 0.6 is 0 Å². The number of amides is 2. The van der Waals surface area contributed by atoms with Crippen LogP contribution in [0.4, 0.5) is 20.2 Å². The molecule has 24 heavy (non-hydrogen) atoms. The van der Waals surface area contributed by atoms with Crippen molar-refractivity contribution in [2.45, 2.75) is 13.0 Å². The molecule has 0 radical (unpaired) electrons. The lowest BCUT2D eigenvalue weighted by atomic mass is 10.2. The summed E-state index contributed by atoms with van der Waals surface area (Å²) in [5, 5.41) is 2.35. The van der Waals surface area contributed by atoms with Crippen LogP contribution in [0.25, 0.3) is 0 Å². The first kappa shape index (κ1) is 17.6. The van der Waals surface area contributed by atoms with Crippen LogP contribution in [0.3, 0.4) is 0 Å². The third-order valence-electron chi connectivity index (χ3n) is 3.43. The standard InChI is InChI=1S/C17H17F2N3O2/c1-11(17(24)21-15-8-7-12(18)9-14(15)19)22(16(23)10-20)13-5-3-2-4-6-13/h2-9,11H,10,20H2,1H3,(H,21,24). The summed E-state index contributed by atoms with van der Waals surface area (Å²) in [6.07, 6.45) is 0. The summed E-state index contributed by atoms with van der Waals surface area (Å²) in [4.78, 5) is 25.7. The minimum absolute atomic E-state index is 0.165. The van der Waals surface area contributed by atoms with Crippen LogP contribution in [0.2, 0.25) is 0 Å². The van der Waals surface area contributed by atoms with Crippen molar-refractivity contribution in [2.24, 2.45) is 5.73 Å². The number of carbonyl (C=O) groups excluding carboxylic acids is 2. The first-order valence-corrected chi connectivity index (χ1v) is 7.27. The molecule has 0 aliphatic heterocycles. The van der Waals surface area contributed by atoms with Gasteiger partial charge in [0.05, 0.1) is 12.2 Å². The smallest absolute Gasteiger partial charge is 0.247 e. The number of benzene rings is 2. The third kappa shape index (κ3) is 3.94. The molecule has 126 valence electrons. The second-order valence-electron chi connectivity index (χ2n) is 5.09. The van der Waals surface area contributed by atoms with E-state index in [-0.39, 0.29) is 12.2 Å². The molecule has 3 N–H and O–H groups in total. The number of para-hydroxylation sites is 1. The Morgan fingerprint density at radius 3 is 2.42 bits per heavy atom. The van der Waals surface area contributed by atoms with Gasteiger partial charge in [0.25, 0.3) is 0 Å². The highest BCUT2D eigenvalue weighted by molar-refractivity contribution is 6.05. The fourth-order valence-electron chi connectivity index (χ4n) is 2.22. The maximum atomic E-state index is 13.7. The van der Waals surface area contributed by atoms with Gasteiger partial charge < -0.3 is 11.1 Å². The lowest BCUT2D eigenvalue weighted by Gasteiger charge is -2.28. The summed E-state index contributed by atoms with van der Waals surface area (Å²) in [5.41, 5.74) is 5.75. The van der Waals surface area contributed by atoms with Gasteiger partial charge in [-0.1, -0.05) is 18.2 Å². The second kappa shape index (κ2) is 7.65. The molecule has 0 saturated carbocycles. The molecule has 2 rings (SSSR count). The number of halogens is 2. The minimum atomic E-state index is -0.937. The highest BCUT2D eigenvalue weighted by Crippen LogP contribution is 2.19. The van der Waals surface area contributed by atoms with E-state index in [4.69, 9.17) is 5.73 Å². The molecule has 1 atom stereocenters. The van der Waals surface area contributed by atoms with Crippen LogP contribution in [0.5, 0.6) is 0 Å². The van der Waals surface area contributed by atoms with Gasteiger partial charge in [0, 0.05) is 11.8 Å². The van der Waals surface area contributed by atoms with Crippen molar-refractivity contribution in [3.05, 3.63) is 60.2 Å². The average Bonchev–Trinajstić information content (AvgIpc) is 2.58. The molecule has 0 spiro atoms. The highest BCUT2D eigenvalue weighted by Gasteiger charge is 2.27. The van der Waals surface area contributed by atoms with E-state index in [0.717, 1.165) is 12.1 Å². The van der Waals surface area contributed by atoms with Gasteiger partial charge in [-0.05, 0) is 31.2 Å².